The van der Waals surface area contributed by atoms with Crippen LogP contribution in [0.2, 0.25) is 0 Å². The second-order valence-electron chi connectivity index (χ2n) is 3.51. The van der Waals surface area contributed by atoms with Crippen LogP contribution in [0, 0.1) is 5.92 Å². The van der Waals surface area contributed by atoms with Crippen molar-refractivity contribution >= 4 is 5.82 Å². The van der Waals surface area contributed by atoms with Gasteiger partial charge in [0.05, 0.1) is 12.3 Å². The molecule has 0 unspecified atom stereocenters. The average Bonchev–Trinajstić information content (AvgIpc) is 2.88. The molecule has 0 bridgehead atoms. The summed E-state index contributed by atoms with van der Waals surface area (Å²) in [4.78, 5) is 4.14. The molecule has 1 aromatic heterocycles. The highest BCUT2D eigenvalue weighted by molar-refractivity contribution is 5.28. The topological polar surface area (TPSA) is 48.1 Å². The van der Waals surface area contributed by atoms with Crippen molar-refractivity contribution < 1.29 is 4.74 Å². The standard InChI is InChI=1S/C10H14N2O/c11-10-3-1-2-9(12-10)7-13-6-8-4-5-8/h1-3,8H,4-7H2,(H2,11,12). The summed E-state index contributed by atoms with van der Waals surface area (Å²) in [7, 11) is 0. The van der Waals surface area contributed by atoms with E-state index in [1.165, 1.54) is 12.8 Å². The maximum Gasteiger partial charge on any atom is 0.123 e. The minimum atomic E-state index is 0.563. The number of hydrogen-bond acceptors (Lipinski definition) is 3. The van der Waals surface area contributed by atoms with E-state index in [-0.39, 0.29) is 0 Å². The van der Waals surface area contributed by atoms with E-state index in [0.717, 1.165) is 18.2 Å². The molecule has 0 amide bonds. The molecule has 3 heteroatoms. The van der Waals surface area contributed by atoms with Crippen LogP contribution >= 0.6 is 0 Å². The molecule has 1 aromatic rings. The molecule has 3 nitrogen and oxygen atoms in total. The summed E-state index contributed by atoms with van der Waals surface area (Å²) in [5.41, 5.74) is 6.45. The molecule has 1 aliphatic carbocycles. The van der Waals surface area contributed by atoms with Gasteiger partial charge in [0.25, 0.3) is 0 Å². The first kappa shape index (κ1) is 8.51. The zero-order valence-electron chi connectivity index (χ0n) is 7.57. The van der Waals surface area contributed by atoms with E-state index in [2.05, 4.69) is 4.98 Å². The lowest BCUT2D eigenvalue weighted by molar-refractivity contribution is 0.109. The predicted molar refractivity (Wildman–Crippen MR) is 51.0 cm³/mol. The maximum absolute atomic E-state index is 5.54. The molecular formula is C10H14N2O. The highest BCUT2D eigenvalue weighted by Crippen LogP contribution is 2.28. The molecule has 2 N–H and O–H groups in total. The fourth-order valence-electron chi connectivity index (χ4n) is 1.19. The first-order valence-corrected chi connectivity index (χ1v) is 4.64. The van der Waals surface area contributed by atoms with E-state index >= 15 is 0 Å². The van der Waals surface area contributed by atoms with Crippen LogP contribution in [0.5, 0.6) is 0 Å². The van der Waals surface area contributed by atoms with Crippen molar-refractivity contribution in [1.82, 2.24) is 4.98 Å². The Hall–Kier alpha value is -1.09. The molecular weight excluding hydrogens is 164 g/mol. The number of rotatable bonds is 4. The normalized spacial score (nSPS) is 16.0. The van der Waals surface area contributed by atoms with E-state index < -0.39 is 0 Å². The predicted octanol–water partition coefficient (Wildman–Crippen LogP) is 1.59. The highest BCUT2D eigenvalue weighted by Gasteiger charge is 2.20. The van der Waals surface area contributed by atoms with E-state index in [1.807, 2.05) is 12.1 Å². The number of ether oxygens (including phenoxy) is 1. The third-order valence-corrected chi connectivity index (χ3v) is 2.13. The number of pyridine rings is 1. The van der Waals surface area contributed by atoms with Gasteiger partial charge in [-0.05, 0) is 30.9 Å². The fraction of sp³-hybridized carbons (Fsp3) is 0.500. The van der Waals surface area contributed by atoms with Gasteiger partial charge >= 0.3 is 0 Å². The van der Waals surface area contributed by atoms with Crippen molar-refractivity contribution in [3.05, 3.63) is 23.9 Å². The van der Waals surface area contributed by atoms with Crippen LogP contribution in [0.25, 0.3) is 0 Å². The molecule has 0 atom stereocenters. The van der Waals surface area contributed by atoms with Gasteiger partial charge in [-0.2, -0.15) is 0 Å². The van der Waals surface area contributed by atoms with Crippen LogP contribution in [0.15, 0.2) is 18.2 Å². The van der Waals surface area contributed by atoms with Crippen molar-refractivity contribution in [2.75, 3.05) is 12.3 Å². The summed E-state index contributed by atoms with van der Waals surface area (Å²) in [5.74, 6) is 1.37. The third-order valence-electron chi connectivity index (χ3n) is 2.13. The Labute approximate surface area is 77.9 Å². The molecule has 1 fully saturated rings. The first-order valence-electron chi connectivity index (χ1n) is 4.64. The first-order chi connectivity index (χ1) is 6.34. The molecule has 1 heterocycles. The van der Waals surface area contributed by atoms with Gasteiger partial charge in [-0.15, -0.1) is 0 Å². The largest absolute Gasteiger partial charge is 0.384 e. The Kier molecular flexibility index (Phi) is 2.45. The Morgan fingerprint density at radius 1 is 1.46 bits per heavy atom. The van der Waals surface area contributed by atoms with Crippen molar-refractivity contribution in [2.24, 2.45) is 5.92 Å². The average molecular weight is 178 g/mol. The van der Waals surface area contributed by atoms with Crippen molar-refractivity contribution in [1.29, 1.82) is 0 Å². The van der Waals surface area contributed by atoms with Crippen molar-refractivity contribution in [2.45, 2.75) is 19.4 Å². The molecule has 1 saturated carbocycles. The van der Waals surface area contributed by atoms with Gasteiger partial charge in [-0.1, -0.05) is 6.07 Å². The third kappa shape index (κ3) is 2.70. The zero-order chi connectivity index (χ0) is 9.10. The smallest absolute Gasteiger partial charge is 0.123 e. The summed E-state index contributed by atoms with van der Waals surface area (Å²) < 4.78 is 5.48. The van der Waals surface area contributed by atoms with Crippen LogP contribution in [-0.2, 0) is 11.3 Å². The molecule has 0 spiro atoms. The lowest BCUT2D eigenvalue weighted by atomic mass is 10.3. The Morgan fingerprint density at radius 2 is 2.31 bits per heavy atom. The highest BCUT2D eigenvalue weighted by atomic mass is 16.5. The lowest BCUT2D eigenvalue weighted by Gasteiger charge is -2.02. The fourth-order valence-corrected chi connectivity index (χ4v) is 1.19. The number of nitrogen functional groups attached to an aromatic ring is 1. The minimum Gasteiger partial charge on any atom is -0.384 e. The quantitative estimate of drug-likeness (QED) is 0.761. The molecule has 0 aromatic carbocycles. The van der Waals surface area contributed by atoms with E-state index in [4.69, 9.17) is 10.5 Å². The van der Waals surface area contributed by atoms with Gasteiger partial charge < -0.3 is 10.5 Å². The summed E-state index contributed by atoms with van der Waals surface area (Å²) in [6.45, 7) is 1.46. The number of nitrogens with zero attached hydrogens (tertiary/aromatic N) is 1. The van der Waals surface area contributed by atoms with Crippen LogP contribution in [0.1, 0.15) is 18.5 Å². The molecule has 70 valence electrons. The van der Waals surface area contributed by atoms with Crippen molar-refractivity contribution in [3.63, 3.8) is 0 Å². The second kappa shape index (κ2) is 3.75. The van der Waals surface area contributed by atoms with Crippen molar-refractivity contribution in [3.8, 4) is 0 Å². The van der Waals surface area contributed by atoms with Gasteiger partial charge in [0, 0.05) is 6.61 Å². The molecule has 1 aliphatic rings. The second-order valence-corrected chi connectivity index (χ2v) is 3.51. The van der Waals surface area contributed by atoms with Gasteiger partial charge in [0.1, 0.15) is 5.82 Å². The number of aromatic nitrogens is 1. The van der Waals surface area contributed by atoms with E-state index in [1.54, 1.807) is 6.07 Å². The molecule has 0 saturated heterocycles. The van der Waals surface area contributed by atoms with Gasteiger partial charge in [0.2, 0.25) is 0 Å². The van der Waals surface area contributed by atoms with Crippen LogP contribution < -0.4 is 5.73 Å². The maximum atomic E-state index is 5.54. The molecule has 0 aliphatic heterocycles. The minimum absolute atomic E-state index is 0.563. The molecule has 0 radical (unpaired) electrons. The Balaban J connectivity index is 1.79. The zero-order valence-corrected chi connectivity index (χ0v) is 7.57. The van der Waals surface area contributed by atoms with Gasteiger partial charge in [-0.25, -0.2) is 4.98 Å². The Morgan fingerprint density at radius 3 is 3.00 bits per heavy atom. The van der Waals surface area contributed by atoms with Crippen LogP contribution in [0.3, 0.4) is 0 Å². The summed E-state index contributed by atoms with van der Waals surface area (Å²) >= 11 is 0. The van der Waals surface area contributed by atoms with E-state index in [0.29, 0.717) is 12.4 Å². The van der Waals surface area contributed by atoms with Gasteiger partial charge in [-0.3, -0.25) is 0 Å². The number of anilines is 1. The monoisotopic (exact) mass is 178 g/mol. The number of nitrogens with two attached hydrogens (primary N) is 1. The Bertz CT molecular complexity index is 284. The summed E-state index contributed by atoms with van der Waals surface area (Å²) in [6, 6.07) is 5.62. The SMILES string of the molecule is Nc1cccc(COCC2CC2)n1. The lowest BCUT2D eigenvalue weighted by Crippen LogP contribution is -2.00. The molecule has 13 heavy (non-hydrogen) atoms. The van der Waals surface area contributed by atoms with Gasteiger partial charge in [0.15, 0.2) is 0 Å². The van der Waals surface area contributed by atoms with E-state index in [9.17, 15) is 0 Å². The molecule has 2 rings (SSSR count). The summed E-state index contributed by atoms with van der Waals surface area (Å²) in [6.07, 6.45) is 2.65. The van der Waals surface area contributed by atoms with Crippen LogP contribution in [-0.4, -0.2) is 11.6 Å². The van der Waals surface area contributed by atoms with Crippen LogP contribution in [0.4, 0.5) is 5.82 Å². The number of hydrogen-bond donors (Lipinski definition) is 1. The summed E-state index contributed by atoms with van der Waals surface area (Å²) in [5, 5.41) is 0.